The number of sulfonamides is 1. The van der Waals surface area contributed by atoms with Crippen LogP contribution in [0.25, 0.3) is 0 Å². The van der Waals surface area contributed by atoms with Crippen LogP contribution in [0, 0.1) is 10.1 Å². The second-order valence-corrected chi connectivity index (χ2v) is 7.62. The van der Waals surface area contributed by atoms with Crippen LogP contribution in [0.5, 0.6) is 0 Å². The van der Waals surface area contributed by atoms with Crippen molar-refractivity contribution in [2.75, 3.05) is 6.54 Å². The van der Waals surface area contributed by atoms with E-state index in [4.69, 9.17) is 5.73 Å². The fraction of sp³-hybridized carbons (Fsp3) is 0.571. The first kappa shape index (κ1) is 19.8. The Kier molecular flexibility index (Phi) is 6.94. The van der Waals surface area contributed by atoms with Gasteiger partial charge in [0, 0.05) is 24.2 Å². The average molecular weight is 364 g/mol. The second-order valence-electron chi connectivity index (χ2n) is 5.86. The standard InChI is InChI=1S/C14H21N3O4S.ClH/c15-14(8-3-1-2-4-9-14)11-16-22(20,21)13-7-5-6-12(10-13)17(18)19;/h5-7,10,16H,1-4,8-9,11,15H2;1H. The Morgan fingerprint density at radius 3 is 2.39 bits per heavy atom. The first-order valence-electron chi connectivity index (χ1n) is 7.35. The Morgan fingerprint density at radius 1 is 1.22 bits per heavy atom. The number of nitro benzene ring substituents is 1. The lowest BCUT2D eigenvalue weighted by Crippen LogP contribution is -2.49. The molecule has 130 valence electrons. The number of nitrogens with two attached hydrogens (primary N) is 1. The molecule has 3 N–H and O–H groups in total. The summed E-state index contributed by atoms with van der Waals surface area (Å²) < 4.78 is 27.1. The molecule has 0 spiro atoms. The number of benzene rings is 1. The molecule has 0 aliphatic heterocycles. The zero-order chi connectivity index (χ0) is 16.2. The van der Waals surface area contributed by atoms with E-state index >= 15 is 0 Å². The van der Waals surface area contributed by atoms with E-state index in [1.807, 2.05) is 0 Å². The van der Waals surface area contributed by atoms with Gasteiger partial charge in [0.15, 0.2) is 0 Å². The summed E-state index contributed by atoms with van der Waals surface area (Å²) >= 11 is 0. The summed E-state index contributed by atoms with van der Waals surface area (Å²) in [5.41, 5.74) is 5.50. The van der Waals surface area contributed by atoms with Crippen LogP contribution in [0.3, 0.4) is 0 Å². The van der Waals surface area contributed by atoms with E-state index in [2.05, 4.69) is 4.72 Å². The Morgan fingerprint density at radius 2 is 1.83 bits per heavy atom. The minimum Gasteiger partial charge on any atom is -0.324 e. The Bertz CT molecular complexity index is 643. The van der Waals surface area contributed by atoms with E-state index in [0.29, 0.717) is 0 Å². The molecule has 0 bridgehead atoms. The predicted molar refractivity (Wildman–Crippen MR) is 90.2 cm³/mol. The van der Waals surface area contributed by atoms with Crippen LogP contribution in [0.4, 0.5) is 5.69 Å². The van der Waals surface area contributed by atoms with Crippen LogP contribution in [-0.4, -0.2) is 25.4 Å². The smallest absolute Gasteiger partial charge is 0.270 e. The fourth-order valence-corrected chi connectivity index (χ4v) is 3.87. The third-order valence-electron chi connectivity index (χ3n) is 4.05. The zero-order valence-electron chi connectivity index (χ0n) is 12.7. The molecule has 1 aromatic carbocycles. The molecule has 23 heavy (non-hydrogen) atoms. The van der Waals surface area contributed by atoms with Crippen molar-refractivity contribution >= 4 is 28.1 Å². The number of nitrogens with one attached hydrogen (secondary N) is 1. The normalized spacial score (nSPS) is 17.8. The maximum Gasteiger partial charge on any atom is 0.270 e. The molecule has 1 saturated carbocycles. The highest BCUT2D eigenvalue weighted by Gasteiger charge is 2.28. The summed E-state index contributed by atoms with van der Waals surface area (Å²) in [5.74, 6) is 0. The first-order chi connectivity index (χ1) is 10.3. The van der Waals surface area contributed by atoms with E-state index in [1.54, 1.807) is 0 Å². The highest BCUT2D eigenvalue weighted by Crippen LogP contribution is 2.25. The van der Waals surface area contributed by atoms with Crippen molar-refractivity contribution in [2.45, 2.75) is 49.0 Å². The van der Waals surface area contributed by atoms with Gasteiger partial charge in [-0.1, -0.05) is 31.7 Å². The summed E-state index contributed by atoms with van der Waals surface area (Å²) in [5, 5.41) is 10.7. The fourth-order valence-electron chi connectivity index (χ4n) is 2.70. The topological polar surface area (TPSA) is 115 Å². The highest BCUT2D eigenvalue weighted by atomic mass is 35.5. The predicted octanol–water partition coefficient (Wildman–Crippen LogP) is 2.35. The van der Waals surface area contributed by atoms with Crippen molar-refractivity contribution in [3.8, 4) is 0 Å². The summed E-state index contributed by atoms with van der Waals surface area (Å²) in [6.07, 6.45) is 5.80. The summed E-state index contributed by atoms with van der Waals surface area (Å²) in [4.78, 5) is 10.0. The molecular weight excluding hydrogens is 342 g/mol. The lowest BCUT2D eigenvalue weighted by molar-refractivity contribution is -0.385. The van der Waals surface area contributed by atoms with Crippen LogP contribution in [0.2, 0.25) is 0 Å². The van der Waals surface area contributed by atoms with Crippen LogP contribution in [0.1, 0.15) is 38.5 Å². The summed E-state index contributed by atoms with van der Waals surface area (Å²) in [7, 11) is -3.80. The minimum absolute atomic E-state index is 0. The van der Waals surface area contributed by atoms with Crippen LogP contribution < -0.4 is 10.5 Å². The molecule has 0 saturated heterocycles. The van der Waals surface area contributed by atoms with Crippen LogP contribution >= 0.6 is 12.4 Å². The maximum absolute atomic E-state index is 12.3. The molecule has 1 aromatic rings. The van der Waals surface area contributed by atoms with Gasteiger partial charge in [0.25, 0.3) is 5.69 Å². The van der Waals surface area contributed by atoms with Gasteiger partial charge in [0.1, 0.15) is 0 Å². The van der Waals surface area contributed by atoms with Gasteiger partial charge in [-0.25, -0.2) is 13.1 Å². The van der Waals surface area contributed by atoms with Gasteiger partial charge in [-0.2, -0.15) is 0 Å². The summed E-state index contributed by atoms with van der Waals surface area (Å²) in [6.45, 7) is 0.151. The molecule has 0 radical (unpaired) electrons. The molecule has 0 atom stereocenters. The maximum atomic E-state index is 12.3. The van der Waals surface area contributed by atoms with E-state index in [9.17, 15) is 18.5 Å². The first-order valence-corrected chi connectivity index (χ1v) is 8.84. The number of non-ortho nitro benzene ring substituents is 1. The Hall–Kier alpha value is -1.22. The van der Waals surface area contributed by atoms with Gasteiger partial charge in [-0.15, -0.1) is 12.4 Å². The third-order valence-corrected chi connectivity index (χ3v) is 5.45. The number of rotatable bonds is 5. The average Bonchev–Trinajstić information content (AvgIpc) is 2.71. The molecule has 0 heterocycles. The molecule has 1 fully saturated rings. The number of nitro groups is 1. The summed E-state index contributed by atoms with van der Waals surface area (Å²) in [6, 6.07) is 5.01. The van der Waals surface area contributed by atoms with Gasteiger partial charge in [0.05, 0.1) is 9.82 Å². The SMILES string of the molecule is Cl.NC1(CNS(=O)(=O)c2cccc([N+](=O)[O-])c2)CCCCCC1. The van der Waals surface area contributed by atoms with Gasteiger partial charge in [0.2, 0.25) is 10.0 Å². The van der Waals surface area contributed by atoms with Crippen molar-refractivity contribution in [3.63, 3.8) is 0 Å². The number of nitrogens with zero attached hydrogens (tertiary/aromatic N) is 1. The quantitative estimate of drug-likeness (QED) is 0.473. The van der Waals surface area contributed by atoms with Crippen molar-refractivity contribution in [3.05, 3.63) is 34.4 Å². The molecule has 9 heteroatoms. The molecule has 0 unspecified atom stereocenters. The molecule has 7 nitrogen and oxygen atoms in total. The lowest BCUT2D eigenvalue weighted by Gasteiger charge is -2.28. The highest BCUT2D eigenvalue weighted by molar-refractivity contribution is 7.89. The van der Waals surface area contributed by atoms with E-state index in [-0.39, 0.29) is 29.5 Å². The van der Waals surface area contributed by atoms with Crippen molar-refractivity contribution in [1.82, 2.24) is 4.72 Å². The number of hydrogen-bond donors (Lipinski definition) is 2. The van der Waals surface area contributed by atoms with E-state index in [1.165, 1.54) is 18.2 Å². The Balaban J connectivity index is 0.00000264. The minimum atomic E-state index is -3.80. The molecule has 1 aliphatic carbocycles. The van der Waals surface area contributed by atoms with E-state index < -0.39 is 20.5 Å². The molecule has 0 amide bonds. The van der Waals surface area contributed by atoms with Gasteiger partial charge >= 0.3 is 0 Å². The lowest BCUT2D eigenvalue weighted by atomic mass is 9.92. The second kappa shape index (κ2) is 8.05. The van der Waals surface area contributed by atoms with Gasteiger partial charge in [-0.3, -0.25) is 10.1 Å². The molecular formula is C14H22ClN3O4S. The van der Waals surface area contributed by atoms with Crippen LogP contribution in [0.15, 0.2) is 29.2 Å². The van der Waals surface area contributed by atoms with E-state index in [0.717, 1.165) is 44.6 Å². The largest absolute Gasteiger partial charge is 0.324 e. The van der Waals surface area contributed by atoms with Gasteiger partial charge in [-0.05, 0) is 18.9 Å². The third kappa shape index (κ3) is 5.42. The monoisotopic (exact) mass is 363 g/mol. The molecule has 1 aliphatic rings. The van der Waals surface area contributed by atoms with Gasteiger partial charge < -0.3 is 5.73 Å². The van der Waals surface area contributed by atoms with Crippen molar-refractivity contribution in [1.29, 1.82) is 0 Å². The molecule has 0 aromatic heterocycles. The Labute approximate surface area is 142 Å². The number of hydrogen-bond acceptors (Lipinski definition) is 5. The van der Waals surface area contributed by atoms with Crippen molar-refractivity contribution < 1.29 is 13.3 Å². The van der Waals surface area contributed by atoms with Crippen molar-refractivity contribution in [2.24, 2.45) is 5.73 Å². The zero-order valence-corrected chi connectivity index (χ0v) is 14.4. The number of halogens is 1. The van der Waals surface area contributed by atoms with Crippen LogP contribution in [-0.2, 0) is 10.0 Å². The molecule has 2 rings (SSSR count).